The van der Waals surface area contributed by atoms with Gasteiger partial charge in [-0.1, -0.05) is 25.5 Å². The maximum Gasteiger partial charge on any atom is 0.0278 e. The van der Waals surface area contributed by atoms with E-state index >= 15 is 0 Å². The molecule has 1 fully saturated rings. The molecule has 0 aromatic rings. The molecule has 0 aromatic heterocycles. The second-order valence-corrected chi connectivity index (χ2v) is 5.04. The third-order valence-corrected chi connectivity index (χ3v) is 4.05. The molecule has 3 unspecified atom stereocenters. The van der Waals surface area contributed by atoms with Crippen LogP contribution in [0.4, 0.5) is 0 Å². The molecule has 0 radical (unpaired) electrons. The van der Waals surface area contributed by atoms with Crippen molar-refractivity contribution in [2.75, 3.05) is 13.1 Å². The Labute approximate surface area is 93.5 Å². The van der Waals surface area contributed by atoms with Crippen molar-refractivity contribution >= 4 is 0 Å². The van der Waals surface area contributed by atoms with E-state index in [0.717, 1.165) is 0 Å². The largest absolute Gasteiger partial charge is 0.327 e. The maximum absolute atomic E-state index is 6.14. The van der Waals surface area contributed by atoms with Crippen molar-refractivity contribution in [3.8, 4) is 0 Å². The highest BCUT2D eigenvalue weighted by atomic mass is 15.2. The first-order valence-electron chi connectivity index (χ1n) is 6.47. The molecule has 0 amide bonds. The predicted molar refractivity (Wildman–Crippen MR) is 64.7 cm³/mol. The normalized spacial score (nSPS) is 38.1. The maximum atomic E-state index is 6.14. The molecular formula is C13H24N2. The lowest BCUT2D eigenvalue weighted by atomic mass is 9.88. The summed E-state index contributed by atoms with van der Waals surface area (Å²) in [5, 5.41) is 0. The van der Waals surface area contributed by atoms with E-state index in [0.29, 0.717) is 18.0 Å². The zero-order chi connectivity index (χ0) is 10.7. The predicted octanol–water partition coefficient (Wildman–Crippen LogP) is 2.15. The van der Waals surface area contributed by atoms with Crippen LogP contribution < -0.4 is 5.73 Å². The number of allylic oxidation sites excluding steroid dienone is 1. The molecule has 15 heavy (non-hydrogen) atoms. The first-order chi connectivity index (χ1) is 7.31. The van der Waals surface area contributed by atoms with Gasteiger partial charge in [0.2, 0.25) is 0 Å². The average molecular weight is 208 g/mol. The summed E-state index contributed by atoms with van der Waals surface area (Å²) in [5.74, 6) is 0.717. The Hall–Kier alpha value is -0.340. The van der Waals surface area contributed by atoms with Crippen molar-refractivity contribution in [1.82, 2.24) is 4.90 Å². The van der Waals surface area contributed by atoms with Crippen LogP contribution in [0.1, 0.15) is 39.0 Å². The first-order valence-corrected chi connectivity index (χ1v) is 6.47. The summed E-state index contributed by atoms with van der Waals surface area (Å²) in [5.41, 5.74) is 6.14. The van der Waals surface area contributed by atoms with E-state index in [-0.39, 0.29) is 0 Å². The molecule has 1 aliphatic carbocycles. The Kier molecular flexibility index (Phi) is 3.81. The van der Waals surface area contributed by atoms with Gasteiger partial charge in [0.05, 0.1) is 0 Å². The van der Waals surface area contributed by atoms with Gasteiger partial charge >= 0.3 is 0 Å². The van der Waals surface area contributed by atoms with E-state index < -0.39 is 0 Å². The highest BCUT2D eigenvalue weighted by Gasteiger charge is 2.28. The van der Waals surface area contributed by atoms with Crippen LogP contribution in [0.15, 0.2) is 12.2 Å². The average Bonchev–Trinajstić information content (AvgIpc) is 2.31. The van der Waals surface area contributed by atoms with Gasteiger partial charge in [-0.3, -0.25) is 4.90 Å². The SMILES string of the molecule is CCC1CN(C2C=CCCC2)CCC1N. The number of hydrogen-bond donors (Lipinski definition) is 1. The van der Waals surface area contributed by atoms with Crippen LogP contribution in [0.3, 0.4) is 0 Å². The molecule has 2 nitrogen and oxygen atoms in total. The van der Waals surface area contributed by atoms with Crippen molar-refractivity contribution in [2.24, 2.45) is 11.7 Å². The van der Waals surface area contributed by atoms with Crippen molar-refractivity contribution in [3.63, 3.8) is 0 Å². The second-order valence-electron chi connectivity index (χ2n) is 5.04. The fourth-order valence-corrected chi connectivity index (χ4v) is 2.91. The van der Waals surface area contributed by atoms with E-state index in [2.05, 4.69) is 24.0 Å². The molecule has 2 aliphatic rings. The van der Waals surface area contributed by atoms with E-state index in [1.165, 1.54) is 45.2 Å². The van der Waals surface area contributed by atoms with Crippen molar-refractivity contribution in [2.45, 2.75) is 51.1 Å². The first kappa shape index (κ1) is 11.2. The van der Waals surface area contributed by atoms with E-state index in [1.54, 1.807) is 0 Å². The van der Waals surface area contributed by atoms with Crippen LogP contribution in [-0.2, 0) is 0 Å². The molecule has 3 atom stereocenters. The number of nitrogens with zero attached hydrogens (tertiary/aromatic N) is 1. The molecule has 2 rings (SSSR count). The van der Waals surface area contributed by atoms with Gasteiger partial charge in [0, 0.05) is 25.2 Å². The number of likely N-dealkylation sites (tertiary alicyclic amines) is 1. The fraction of sp³-hybridized carbons (Fsp3) is 0.846. The summed E-state index contributed by atoms with van der Waals surface area (Å²) < 4.78 is 0. The van der Waals surface area contributed by atoms with E-state index in [4.69, 9.17) is 5.73 Å². The highest BCUT2D eigenvalue weighted by Crippen LogP contribution is 2.24. The fourth-order valence-electron chi connectivity index (χ4n) is 2.91. The molecule has 0 saturated carbocycles. The number of nitrogens with two attached hydrogens (primary N) is 1. The lowest BCUT2D eigenvalue weighted by molar-refractivity contribution is 0.119. The Balaban J connectivity index is 1.93. The Morgan fingerprint density at radius 3 is 2.93 bits per heavy atom. The molecule has 0 aromatic carbocycles. The Morgan fingerprint density at radius 2 is 2.27 bits per heavy atom. The van der Waals surface area contributed by atoms with Gasteiger partial charge in [0.15, 0.2) is 0 Å². The van der Waals surface area contributed by atoms with Gasteiger partial charge in [0.1, 0.15) is 0 Å². The summed E-state index contributed by atoms with van der Waals surface area (Å²) in [6, 6.07) is 1.15. The van der Waals surface area contributed by atoms with Crippen LogP contribution in [0, 0.1) is 5.92 Å². The molecule has 86 valence electrons. The highest BCUT2D eigenvalue weighted by molar-refractivity contribution is 5.00. The Morgan fingerprint density at radius 1 is 1.40 bits per heavy atom. The smallest absolute Gasteiger partial charge is 0.0278 e. The molecule has 1 aliphatic heterocycles. The quantitative estimate of drug-likeness (QED) is 0.705. The minimum absolute atomic E-state index is 0.443. The second kappa shape index (κ2) is 5.13. The molecule has 1 heterocycles. The summed E-state index contributed by atoms with van der Waals surface area (Å²) >= 11 is 0. The van der Waals surface area contributed by atoms with Gasteiger partial charge in [-0.15, -0.1) is 0 Å². The molecular weight excluding hydrogens is 184 g/mol. The van der Waals surface area contributed by atoms with Crippen molar-refractivity contribution < 1.29 is 0 Å². The van der Waals surface area contributed by atoms with Gasteiger partial charge in [-0.05, 0) is 31.6 Å². The zero-order valence-corrected chi connectivity index (χ0v) is 9.86. The van der Waals surface area contributed by atoms with Crippen molar-refractivity contribution in [3.05, 3.63) is 12.2 Å². The lowest BCUT2D eigenvalue weighted by Gasteiger charge is -2.40. The molecule has 0 bridgehead atoms. The summed E-state index contributed by atoms with van der Waals surface area (Å²) in [4.78, 5) is 2.65. The van der Waals surface area contributed by atoms with Crippen molar-refractivity contribution in [1.29, 1.82) is 0 Å². The number of hydrogen-bond acceptors (Lipinski definition) is 2. The van der Waals surface area contributed by atoms with Gasteiger partial charge in [-0.2, -0.15) is 0 Å². The Bertz CT molecular complexity index is 225. The van der Waals surface area contributed by atoms with Gasteiger partial charge < -0.3 is 5.73 Å². The van der Waals surface area contributed by atoms with Gasteiger partial charge in [0.25, 0.3) is 0 Å². The molecule has 1 saturated heterocycles. The summed E-state index contributed by atoms with van der Waals surface area (Å²) in [6.07, 6.45) is 11.2. The minimum Gasteiger partial charge on any atom is -0.327 e. The van der Waals surface area contributed by atoms with Gasteiger partial charge in [-0.25, -0.2) is 0 Å². The van der Waals surface area contributed by atoms with Crippen LogP contribution in [0.2, 0.25) is 0 Å². The third-order valence-electron chi connectivity index (χ3n) is 4.05. The van der Waals surface area contributed by atoms with E-state index in [9.17, 15) is 0 Å². The molecule has 0 spiro atoms. The van der Waals surface area contributed by atoms with Crippen LogP contribution in [-0.4, -0.2) is 30.1 Å². The zero-order valence-electron chi connectivity index (χ0n) is 9.86. The monoisotopic (exact) mass is 208 g/mol. The topological polar surface area (TPSA) is 29.3 Å². The van der Waals surface area contributed by atoms with Crippen LogP contribution in [0.25, 0.3) is 0 Å². The minimum atomic E-state index is 0.443. The molecule has 2 heteroatoms. The third kappa shape index (κ3) is 2.61. The van der Waals surface area contributed by atoms with Crippen LogP contribution >= 0.6 is 0 Å². The van der Waals surface area contributed by atoms with E-state index in [1.807, 2.05) is 0 Å². The summed E-state index contributed by atoms with van der Waals surface area (Å²) in [7, 11) is 0. The number of piperidine rings is 1. The summed E-state index contributed by atoms with van der Waals surface area (Å²) in [6.45, 7) is 4.68. The standard InChI is InChI=1S/C13H24N2/c1-2-11-10-15(9-8-13(11)14)12-6-4-3-5-7-12/h4,6,11-13H,2-3,5,7-10,14H2,1H3. The van der Waals surface area contributed by atoms with Crippen LogP contribution in [0.5, 0.6) is 0 Å². The number of rotatable bonds is 2. The lowest BCUT2D eigenvalue weighted by Crippen LogP contribution is -2.50. The molecule has 2 N–H and O–H groups in total.